The minimum Gasteiger partial charge on any atom is -0.327 e. The number of hydrogen-bond donors (Lipinski definition) is 0. The third kappa shape index (κ3) is 5.68. The Morgan fingerprint density at radius 2 is 1.48 bits per heavy atom. The maximum absolute atomic E-state index is 4.83. The molecule has 2 heterocycles. The zero-order valence-corrected chi connectivity index (χ0v) is 18.2. The lowest BCUT2D eigenvalue weighted by atomic mass is 10.2. The van der Waals surface area contributed by atoms with Crippen molar-refractivity contribution in [3.63, 3.8) is 0 Å². The fourth-order valence-electron chi connectivity index (χ4n) is 3.91. The summed E-state index contributed by atoms with van der Waals surface area (Å²) in [6.07, 6.45) is 8.15. The van der Waals surface area contributed by atoms with Gasteiger partial charge in [-0.2, -0.15) is 0 Å². The first-order valence-electron chi connectivity index (χ1n) is 11.1. The van der Waals surface area contributed by atoms with Crippen molar-refractivity contribution in [1.29, 1.82) is 0 Å². The molecule has 158 valence electrons. The summed E-state index contributed by atoms with van der Waals surface area (Å²) >= 11 is 0. The van der Waals surface area contributed by atoms with Gasteiger partial charge in [-0.25, -0.2) is 4.98 Å². The van der Waals surface area contributed by atoms with Crippen LogP contribution in [0.3, 0.4) is 0 Å². The van der Waals surface area contributed by atoms with E-state index < -0.39 is 0 Å². The molecule has 0 N–H and O–H groups in total. The molecule has 0 aliphatic rings. The number of unbranched alkanes of at least 4 members (excludes halogenated alkanes) is 1. The van der Waals surface area contributed by atoms with Crippen LogP contribution in [0.4, 0.5) is 0 Å². The van der Waals surface area contributed by atoms with Crippen LogP contribution in [0.5, 0.6) is 0 Å². The monoisotopic (exact) mass is 410 g/mol. The Labute approximate surface area is 185 Å². The predicted molar refractivity (Wildman–Crippen MR) is 126 cm³/mol. The number of nitrogens with zero attached hydrogens (tertiary/aromatic N) is 4. The molecule has 0 saturated heterocycles. The van der Waals surface area contributed by atoms with Gasteiger partial charge in [-0.15, -0.1) is 0 Å². The van der Waals surface area contributed by atoms with Crippen LogP contribution in [0.1, 0.15) is 36.6 Å². The van der Waals surface area contributed by atoms with Crippen molar-refractivity contribution in [3.05, 3.63) is 108 Å². The normalized spacial score (nSPS) is 11.2. The molecule has 0 atom stereocenters. The molecular formula is C27H30N4. The van der Waals surface area contributed by atoms with Crippen molar-refractivity contribution < 1.29 is 0 Å². The zero-order chi connectivity index (χ0) is 21.3. The number of aromatic nitrogens is 3. The van der Waals surface area contributed by atoms with E-state index in [2.05, 4.69) is 94.3 Å². The van der Waals surface area contributed by atoms with Gasteiger partial charge in [-0.1, -0.05) is 80.1 Å². The molecular weight excluding hydrogens is 380 g/mol. The van der Waals surface area contributed by atoms with E-state index >= 15 is 0 Å². The average molecular weight is 411 g/mol. The van der Waals surface area contributed by atoms with Crippen molar-refractivity contribution in [1.82, 2.24) is 19.4 Å². The lowest BCUT2D eigenvalue weighted by Crippen LogP contribution is -2.24. The Balaban J connectivity index is 1.62. The maximum atomic E-state index is 4.83. The molecule has 4 rings (SSSR count). The van der Waals surface area contributed by atoms with Gasteiger partial charge in [0.1, 0.15) is 5.82 Å². The molecule has 2 aromatic carbocycles. The highest BCUT2D eigenvalue weighted by Crippen LogP contribution is 2.22. The minimum absolute atomic E-state index is 0.841. The van der Waals surface area contributed by atoms with Crippen LogP contribution in [0, 0.1) is 0 Å². The first kappa shape index (κ1) is 21.0. The van der Waals surface area contributed by atoms with E-state index in [-0.39, 0.29) is 0 Å². The number of hydrogen-bond acceptors (Lipinski definition) is 3. The largest absolute Gasteiger partial charge is 0.327 e. The first-order valence-corrected chi connectivity index (χ1v) is 11.1. The summed E-state index contributed by atoms with van der Waals surface area (Å²) in [6.45, 7) is 5.80. The van der Waals surface area contributed by atoms with E-state index in [1.54, 1.807) is 0 Å². The van der Waals surface area contributed by atoms with Gasteiger partial charge < -0.3 is 4.57 Å². The molecule has 0 radical (unpaired) electrons. The highest BCUT2D eigenvalue weighted by Gasteiger charge is 2.16. The van der Waals surface area contributed by atoms with Gasteiger partial charge in [0.05, 0.1) is 11.9 Å². The Hall–Kier alpha value is -3.24. The van der Waals surface area contributed by atoms with Crippen molar-refractivity contribution in [3.8, 4) is 11.4 Å². The summed E-state index contributed by atoms with van der Waals surface area (Å²) in [5.74, 6) is 1.06. The summed E-state index contributed by atoms with van der Waals surface area (Å²) in [7, 11) is 0. The van der Waals surface area contributed by atoms with Crippen molar-refractivity contribution in [2.24, 2.45) is 0 Å². The lowest BCUT2D eigenvalue weighted by Gasteiger charge is -2.23. The fourth-order valence-corrected chi connectivity index (χ4v) is 3.91. The second kappa shape index (κ2) is 10.7. The minimum atomic E-state index is 0.841. The maximum Gasteiger partial charge on any atom is 0.140 e. The van der Waals surface area contributed by atoms with Gasteiger partial charge in [0.2, 0.25) is 0 Å². The van der Waals surface area contributed by atoms with E-state index in [0.717, 1.165) is 44.8 Å². The zero-order valence-electron chi connectivity index (χ0n) is 18.2. The van der Waals surface area contributed by atoms with Gasteiger partial charge in [-0.05, 0) is 23.6 Å². The molecule has 31 heavy (non-hydrogen) atoms. The molecule has 2 aromatic heterocycles. The molecule has 4 heteroatoms. The van der Waals surface area contributed by atoms with Gasteiger partial charge in [0.15, 0.2) is 0 Å². The Morgan fingerprint density at radius 3 is 2.19 bits per heavy atom. The SMILES string of the molecule is CCCCn1c(CN(Cc2ccccc2)Cc2cccnc2)cnc1-c1ccccc1. The van der Waals surface area contributed by atoms with Crippen molar-refractivity contribution in [2.75, 3.05) is 0 Å². The van der Waals surface area contributed by atoms with E-state index in [4.69, 9.17) is 4.98 Å². The van der Waals surface area contributed by atoms with Crippen LogP contribution in [-0.2, 0) is 26.2 Å². The number of rotatable bonds is 10. The fraction of sp³-hybridized carbons (Fsp3) is 0.259. The van der Waals surface area contributed by atoms with E-state index in [9.17, 15) is 0 Å². The van der Waals surface area contributed by atoms with Crippen LogP contribution in [0.15, 0.2) is 91.4 Å². The molecule has 0 amide bonds. The summed E-state index contributed by atoms with van der Waals surface area (Å²) in [4.78, 5) is 11.6. The van der Waals surface area contributed by atoms with E-state index in [0.29, 0.717) is 0 Å². The third-order valence-corrected chi connectivity index (χ3v) is 5.47. The highest BCUT2D eigenvalue weighted by atomic mass is 15.2. The molecule has 0 aliphatic heterocycles. The van der Waals surface area contributed by atoms with E-state index in [1.165, 1.54) is 22.4 Å². The summed E-state index contributed by atoms with van der Waals surface area (Å²) in [6, 6.07) is 25.3. The molecule has 0 bridgehead atoms. The van der Waals surface area contributed by atoms with Crippen LogP contribution in [-0.4, -0.2) is 19.4 Å². The van der Waals surface area contributed by atoms with Gasteiger partial charge >= 0.3 is 0 Å². The van der Waals surface area contributed by atoms with Crippen LogP contribution >= 0.6 is 0 Å². The Bertz CT molecular complexity index is 1000. The Kier molecular flexibility index (Phi) is 7.24. The smallest absolute Gasteiger partial charge is 0.140 e. The Morgan fingerprint density at radius 1 is 0.774 bits per heavy atom. The first-order chi connectivity index (χ1) is 15.3. The van der Waals surface area contributed by atoms with Crippen molar-refractivity contribution >= 4 is 0 Å². The topological polar surface area (TPSA) is 34.0 Å². The summed E-state index contributed by atoms with van der Waals surface area (Å²) in [5.41, 5.74) is 4.97. The summed E-state index contributed by atoms with van der Waals surface area (Å²) in [5, 5.41) is 0. The summed E-state index contributed by atoms with van der Waals surface area (Å²) < 4.78 is 2.40. The standard InChI is InChI=1S/C27H30N4/c1-2-3-17-31-26(19-29-27(31)25-14-8-5-9-15-25)22-30(20-23-11-6-4-7-12-23)21-24-13-10-16-28-18-24/h4-16,18-19H,2-3,17,20-22H2,1H3. The molecule has 4 nitrogen and oxygen atoms in total. The predicted octanol–water partition coefficient (Wildman–Crippen LogP) is 5.95. The number of benzene rings is 2. The van der Waals surface area contributed by atoms with Gasteiger partial charge in [0, 0.05) is 44.1 Å². The highest BCUT2D eigenvalue weighted by molar-refractivity contribution is 5.55. The second-order valence-corrected chi connectivity index (χ2v) is 7.94. The number of imidazole rings is 1. The number of pyridine rings is 1. The molecule has 0 spiro atoms. The molecule has 4 aromatic rings. The lowest BCUT2D eigenvalue weighted by molar-refractivity contribution is 0.240. The molecule has 0 fully saturated rings. The molecule has 0 saturated carbocycles. The van der Waals surface area contributed by atoms with Gasteiger partial charge in [-0.3, -0.25) is 9.88 Å². The van der Waals surface area contributed by atoms with E-state index in [1.807, 2.05) is 18.5 Å². The van der Waals surface area contributed by atoms with Crippen molar-refractivity contribution in [2.45, 2.75) is 45.9 Å². The third-order valence-electron chi connectivity index (χ3n) is 5.47. The van der Waals surface area contributed by atoms with Crippen LogP contribution < -0.4 is 0 Å². The quantitative estimate of drug-likeness (QED) is 0.324. The average Bonchev–Trinajstić information content (AvgIpc) is 3.21. The molecule has 0 unspecified atom stereocenters. The molecule has 0 aliphatic carbocycles. The van der Waals surface area contributed by atoms with Crippen LogP contribution in [0.25, 0.3) is 11.4 Å². The second-order valence-electron chi connectivity index (χ2n) is 7.94. The van der Waals surface area contributed by atoms with Crippen LogP contribution in [0.2, 0.25) is 0 Å². The van der Waals surface area contributed by atoms with Gasteiger partial charge in [0.25, 0.3) is 0 Å².